The van der Waals surface area contributed by atoms with Crippen molar-refractivity contribution in [3.63, 3.8) is 0 Å². The van der Waals surface area contributed by atoms with E-state index in [1.54, 1.807) is 0 Å². The third-order valence-electron chi connectivity index (χ3n) is 7.73. The van der Waals surface area contributed by atoms with E-state index in [2.05, 4.69) is 62.6 Å². The summed E-state index contributed by atoms with van der Waals surface area (Å²) in [6, 6.07) is -0.487. The van der Waals surface area contributed by atoms with Crippen molar-refractivity contribution >= 4 is 23.4 Å². The van der Waals surface area contributed by atoms with Crippen LogP contribution in [0.3, 0.4) is 0 Å². The summed E-state index contributed by atoms with van der Waals surface area (Å²) >= 11 is 6.23. The van der Waals surface area contributed by atoms with E-state index in [1.165, 1.54) is 5.57 Å². The zero-order valence-electron chi connectivity index (χ0n) is 23.6. The van der Waals surface area contributed by atoms with Crippen LogP contribution in [0.5, 0.6) is 0 Å². The molecule has 2 amide bonds. The average molecular weight is 556 g/mol. The molecule has 1 saturated heterocycles. The summed E-state index contributed by atoms with van der Waals surface area (Å²) in [5, 5.41) is 6.73. The average Bonchev–Trinajstić information content (AvgIpc) is 2.80. The maximum absolute atomic E-state index is 13.7. The minimum absolute atomic E-state index is 0. The van der Waals surface area contributed by atoms with Crippen LogP contribution in [0.1, 0.15) is 81.1 Å². The third kappa shape index (κ3) is 9.42. The van der Waals surface area contributed by atoms with Gasteiger partial charge in [-0.3, -0.25) is 9.59 Å². The number of amides is 2. The van der Waals surface area contributed by atoms with Crippen LogP contribution in [0, 0.1) is 29.1 Å². The van der Waals surface area contributed by atoms with E-state index in [1.807, 2.05) is 18.7 Å². The number of allylic oxidation sites excluding steroid dienone is 6. The molecule has 0 aromatic heterocycles. The quantitative estimate of drug-likeness (QED) is 0.431. The van der Waals surface area contributed by atoms with Crippen LogP contribution in [0.2, 0.25) is 0 Å². The van der Waals surface area contributed by atoms with Crippen molar-refractivity contribution < 1.29 is 20.5 Å². The standard InChI is InChI=1S/C29H46ClN3O2.CH4.2H2O/c1-19(2)17-31-24-9-7-8-22(16-24)27(34)32-26(20(3)4)28(35)33-15-14-25(29(5,6)18-33)21-10-12-23(30)13-11-21;;;/h9-12,19-20,22-23,25-26,31H,7-8,13-18H2,1-6H3,(H,32,34);1H4;2*1H2/t22?,23?,25-,26-;;;/m1.../s1. The molecule has 0 aromatic rings. The van der Waals surface area contributed by atoms with Crippen LogP contribution >= 0.6 is 11.6 Å². The first kappa shape index (κ1) is 36.2. The second-order valence-electron chi connectivity index (χ2n) is 12.1. The Morgan fingerprint density at radius 3 is 2.37 bits per heavy atom. The number of nitrogens with zero attached hydrogens (tertiary/aromatic N) is 1. The Morgan fingerprint density at radius 2 is 1.82 bits per heavy atom. The lowest BCUT2D eigenvalue weighted by molar-refractivity contribution is -0.142. The second kappa shape index (κ2) is 15.7. The van der Waals surface area contributed by atoms with Crippen LogP contribution in [0.4, 0.5) is 0 Å². The first-order chi connectivity index (χ1) is 16.5. The van der Waals surface area contributed by atoms with Crippen molar-refractivity contribution in [3.8, 4) is 0 Å². The number of alkyl halides is 1. The van der Waals surface area contributed by atoms with E-state index in [4.69, 9.17) is 11.6 Å². The van der Waals surface area contributed by atoms with E-state index >= 15 is 0 Å². The highest BCUT2D eigenvalue weighted by molar-refractivity contribution is 6.22. The van der Waals surface area contributed by atoms with Gasteiger partial charge in [0.05, 0.1) is 5.38 Å². The van der Waals surface area contributed by atoms with Crippen LogP contribution in [0.25, 0.3) is 0 Å². The van der Waals surface area contributed by atoms with E-state index < -0.39 is 6.04 Å². The molecule has 2 unspecified atom stereocenters. The number of hydrogen-bond donors (Lipinski definition) is 2. The molecule has 8 heteroatoms. The van der Waals surface area contributed by atoms with Gasteiger partial charge in [-0.15, -0.1) is 11.6 Å². The van der Waals surface area contributed by atoms with E-state index in [0.29, 0.717) is 18.4 Å². The topological polar surface area (TPSA) is 124 Å². The molecule has 1 heterocycles. The number of carbonyl (C=O) groups is 2. The van der Waals surface area contributed by atoms with Gasteiger partial charge in [-0.25, -0.2) is 0 Å². The van der Waals surface area contributed by atoms with E-state index in [-0.39, 0.29) is 52.8 Å². The number of piperidine rings is 1. The van der Waals surface area contributed by atoms with Gasteiger partial charge in [0, 0.05) is 31.2 Å². The Hall–Kier alpha value is -1.83. The highest BCUT2D eigenvalue weighted by Crippen LogP contribution is 2.41. The SMILES string of the molecule is C.CC(C)CNC1=CCCC(C(=O)N[C@@H](C(=O)N2CC[C@H](C3=CCC(Cl)C=C3)C(C)(C)C2)C(C)C)C1.O.O. The first-order valence-electron chi connectivity index (χ1n) is 13.5. The molecular formula is C30H54ClN3O4. The number of likely N-dealkylation sites (tertiary alicyclic amines) is 1. The predicted octanol–water partition coefficient (Wildman–Crippen LogP) is 4.41. The molecule has 0 radical (unpaired) electrons. The highest BCUT2D eigenvalue weighted by atomic mass is 35.5. The lowest BCUT2D eigenvalue weighted by atomic mass is 9.69. The van der Waals surface area contributed by atoms with Gasteiger partial charge in [0.25, 0.3) is 0 Å². The summed E-state index contributed by atoms with van der Waals surface area (Å²) < 4.78 is 0. The van der Waals surface area contributed by atoms with Crippen molar-refractivity contribution in [2.45, 2.75) is 92.5 Å². The van der Waals surface area contributed by atoms with E-state index in [0.717, 1.165) is 50.9 Å². The molecule has 38 heavy (non-hydrogen) atoms. The fraction of sp³-hybridized carbons (Fsp3) is 0.733. The zero-order chi connectivity index (χ0) is 25.8. The maximum Gasteiger partial charge on any atom is 0.245 e. The minimum Gasteiger partial charge on any atom is -0.412 e. The summed E-state index contributed by atoms with van der Waals surface area (Å²) in [6.07, 6.45) is 13.0. The molecule has 6 N–H and O–H groups in total. The summed E-state index contributed by atoms with van der Waals surface area (Å²) in [6.45, 7) is 15.2. The molecule has 1 fully saturated rings. The Bertz CT molecular complexity index is 866. The fourth-order valence-corrected chi connectivity index (χ4v) is 5.79. The molecule has 1 aliphatic heterocycles. The lowest BCUT2D eigenvalue weighted by Crippen LogP contribution is -2.57. The first-order valence-corrected chi connectivity index (χ1v) is 14.0. The minimum atomic E-state index is -0.487. The van der Waals surface area contributed by atoms with Gasteiger partial charge in [-0.05, 0) is 60.8 Å². The molecule has 0 bridgehead atoms. The van der Waals surface area contributed by atoms with Crippen molar-refractivity contribution in [2.24, 2.45) is 29.1 Å². The van der Waals surface area contributed by atoms with Gasteiger partial charge in [-0.1, -0.05) is 73.3 Å². The van der Waals surface area contributed by atoms with Gasteiger partial charge in [0.1, 0.15) is 6.04 Å². The highest BCUT2D eigenvalue weighted by Gasteiger charge is 2.41. The Kier molecular flexibility index (Phi) is 14.9. The number of carbonyl (C=O) groups excluding carboxylic acids is 2. The molecule has 0 spiro atoms. The smallest absolute Gasteiger partial charge is 0.245 e. The van der Waals surface area contributed by atoms with Gasteiger partial charge in [-0.2, -0.15) is 0 Å². The number of halogens is 1. The Morgan fingerprint density at radius 1 is 1.13 bits per heavy atom. The van der Waals surface area contributed by atoms with Gasteiger partial charge in [0.15, 0.2) is 0 Å². The van der Waals surface area contributed by atoms with Crippen molar-refractivity contribution in [2.75, 3.05) is 19.6 Å². The van der Waals surface area contributed by atoms with Crippen LogP contribution in [-0.2, 0) is 9.59 Å². The van der Waals surface area contributed by atoms with E-state index in [9.17, 15) is 9.59 Å². The molecule has 220 valence electrons. The molecule has 3 rings (SSSR count). The van der Waals surface area contributed by atoms with Gasteiger partial charge >= 0.3 is 0 Å². The van der Waals surface area contributed by atoms with Crippen molar-refractivity contribution in [1.82, 2.24) is 15.5 Å². The van der Waals surface area contributed by atoms with Crippen LogP contribution in [0.15, 0.2) is 35.6 Å². The van der Waals surface area contributed by atoms with Crippen LogP contribution in [-0.4, -0.2) is 58.7 Å². The Labute approximate surface area is 236 Å². The molecule has 0 aromatic carbocycles. The summed E-state index contributed by atoms with van der Waals surface area (Å²) in [4.78, 5) is 28.9. The molecule has 4 atom stereocenters. The molecule has 3 aliphatic rings. The molecule has 2 aliphatic carbocycles. The number of rotatable bonds is 8. The van der Waals surface area contributed by atoms with Crippen LogP contribution < -0.4 is 10.6 Å². The zero-order valence-corrected chi connectivity index (χ0v) is 24.3. The van der Waals surface area contributed by atoms with Crippen molar-refractivity contribution in [1.29, 1.82) is 0 Å². The number of nitrogens with one attached hydrogen (secondary N) is 2. The monoisotopic (exact) mass is 555 g/mol. The number of hydrogen-bond acceptors (Lipinski definition) is 3. The lowest BCUT2D eigenvalue weighted by Gasteiger charge is -2.46. The molecule has 7 nitrogen and oxygen atoms in total. The summed E-state index contributed by atoms with van der Waals surface area (Å²) in [5.41, 5.74) is 2.47. The normalized spacial score (nSPS) is 25.2. The third-order valence-corrected chi connectivity index (χ3v) is 8.05. The van der Waals surface area contributed by atoms with Gasteiger partial charge in [0.2, 0.25) is 11.8 Å². The maximum atomic E-state index is 13.7. The fourth-order valence-electron chi connectivity index (χ4n) is 5.63. The summed E-state index contributed by atoms with van der Waals surface area (Å²) in [7, 11) is 0. The van der Waals surface area contributed by atoms with Crippen molar-refractivity contribution in [3.05, 3.63) is 35.6 Å². The molecular weight excluding hydrogens is 502 g/mol. The second-order valence-corrected chi connectivity index (χ2v) is 12.7. The summed E-state index contributed by atoms with van der Waals surface area (Å²) in [5.74, 6) is 0.986. The molecule has 0 saturated carbocycles. The largest absolute Gasteiger partial charge is 0.412 e. The predicted molar refractivity (Wildman–Crippen MR) is 159 cm³/mol. The Balaban J connectivity index is 0.00000456. The van der Waals surface area contributed by atoms with Gasteiger partial charge < -0.3 is 26.5 Å².